The summed E-state index contributed by atoms with van der Waals surface area (Å²) in [6.45, 7) is 4.14. The molecule has 7 nitrogen and oxygen atoms in total. The van der Waals surface area contributed by atoms with E-state index >= 15 is 0 Å². The molecule has 1 heterocycles. The van der Waals surface area contributed by atoms with E-state index in [4.69, 9.17) is 4.74 Å². The number of hydrogen-bond acceptors (Lipinski definition) is 4. The molecule has 7 heteroatoms. The van der Waals surface area contributed by atoms with Crippen molar-refractivity contribution in [2.45, 2.75) is 45.2 Å². The van der Waals surface area contributed by atoms with Crippen molar-refractivity contribution in [2.24, 2.45) is 0 Å². The van der Waals surface area contributed by atoms with Gasteiger partial charge in [-0.15, -0.1) is 0 Å². The SMILES string of the molecule is CNC(=O)c1ccc(NC(=O)c2ccc(OCC(=O)N3[C@H](C)CCC[C@@H]3C)cc2)cc1. The zero-order valence-corrected chi connectivity index (χ0v) is 18.2. The first-order valence-corrected chi connectivity index (χ1v) is 10.6. The molecule has 0 aliphatic carbocycles. The predicted octanol–water partition coefficient (Wildman–Crippen LogP) is 3.47. The van der Waals surface area contributed by atoms with E-state index in [2.05, 4.69) is 24.5 Å². The van der Waals surface area contributed by atoms with Crippen molar-refractivity contribution < 1.29 is 19.1 Å². The Kier molecular flexibility index (Phi) is 7.28. The molecule has 1 aliphatic heterocycles. The molecule has 3 rings (SSSR count). The molecule has 2 aromatic carbocycles. The van der Waals surface area contributed by atoms with E-state index in [1.165, 1.54) is 0 Å². The molecule has 0 radical (unpaired) electrons. The van der Waals surface area contributed by atoms with Crippen molar-refractivity contribution in [1.29, 1.82) is 0 Å². The molecule has 1 fully saturated rings. The third-order valence-electron chi connectivity index (χ3n) is 5.59. The van der Waals surface area contributed by atoms with Gasteiger partial charge in [-0.2, -0.15) is 0 Å². The molecule has 0 unspecified atom stereocenters. The number of nitrogens with one attached hydrogen (secondary N) is 2. The van der Waals surface area contributed by atoms with Crippen LogP contribution in [0.25, 0.3) is 0 Å². The van der Waals surface area contributed by atoms with E-state index in [9.17, 15) is 14.4 Å². The van der Waals surface area contributed by atoms with Crippen molar-refractivity contribution >= 4 is 23.4 Å². The number of anilines is 1. The molecule has 3 amide bonds. The summed E-state index contributed by atoms with van der Waals surface area (Å²) < 4.78 is 5.66. The van der Waals surface area contributed by atoms with Gasteiger partial charge in [-0.25, -0.2) is 0 Å². The smallest absolute Gasteiger partial charge is 0.260 e. The average molecular weight is 424 g/mol. The maximum Gasteiger partial charge on any atom is 0.260 e. The number of amides is 3. The van der Waals surface area contributed by atoms with Gasteiger partial charge in [-0.1, -0.05) is 0 Å². The maximum absolute atomic E-state index is 12.6. The van der Waals surface area contributed by atoms with Crippen molar-refractivity contribution in [2.75, 3.05) is 19.0 Å². The van der Waals surface area contributed by atoms with E-state index in [0.717, 1.165) is 19.3 Å². The number of carbonyl (C=O) groups is 3. The van der Waals surface area contributed by atoms with Crippen LogP contribution in [0.15, 0.2) is 48.5 Å². The molecule has 31 heavy (non-hydrogen) atoms. The van der Waals surface area contributed by atoms with Crippen LogP contribution in [0, 0.1) is 0 Å². The Morgan fingerprint density at radius 3 is 2.03 bits per heavy atom. The van der Waals surface area contributed by atoms with Crippen molar-refractivity contribution in [3.8, 4) is 5.75 Å². The van der Waals surface area contributed by atoms with Gasteiger partial charge in [0.1, 0.15) is 5.75 Å². The van der Waals surface area contributed by atoms with Gasteiger partial charge in [0, 0.05) is 35.9 Å². The molecular formula is C24H29N3O4. The van der Waals surface area contributed by atoms with E-state index in [0.29, 0.717) is 22.6 Å². The monoisotopic (exact) mass is 423 g/mol. The van der Waals surface area contributed by atoms with Gasteiger partial charge in [-0.05, 0) is 81.6 Å². The lowest BCUT2D eigenvalue weighted by atomic mass is 9.97. The van der Waals surface area contributed by atoms with Gasteiger partial charge < -0.3 is 20.3 Å². The quantitative estimate of drug-likeness (QED) is 0.745. The highest BCUT2D eigenvalue weighted by molar-refractivity contribution is 6.04. The number of rotatable bonds is 6. The highest BCUT2D eigenvalue weighted by Gasteiger charge is 2.28. The Balaban J connectivity index is 1.54. The second-order valence-corrected chi connectivity index (χ2v) is 7.85. The number of benzene rings is 2. The molecule has 0 saturated carbocycles. The van der Waals surface area contributed by atoms with Gasteiger partial charge in [0.2, 0.25) is 0 Å². The first kappa shape index (κ1) is 22.3. The maximum atomic E-state index is 12.6. The second-order valence-electron chi connectivity index (χ2n) is 7.85. The summed E-state index contributed by atoms with van der Waals surface area (Å²) in [4.78, 5) is 38.5. The fourth-order valence-electron chi connectivity index (χ4n) is 3.89. The predicted molar refractivity (Wildman–Crippen MR) is 119 cm³/mol. The minimum absolute atomic E-state index is 0.0123. The van der Waals surface area contributed by atoms with Gasteiger partial charge in [0.05, 0.1) is 0 Å². The lowest BCUT2D eigenvalue weighted by Gasteiger charge is -2.38. The van der Waals surface area contributed by atoms with Crippen molar-refractivity contribution in [3.63, 3.8) is 0 Å². The molecule has 2 atom stereocenters. The van der Waals surface area contributed by atoms with Gasteiger partial charge in [-0.3, -0.25) is 14.4 Å². The first-order chi connectivity index (χ1) is 14.9. The summed E-state index contributed by atoms with van der Waals surface area (Å²) in [5, 5.41) is 5.34. The van der Waals surface area contributed by atoms with Crippen LogP contribution >= 0.6 is 0 Å². The molecule has 1 aliphatic rings. The minimum atomic E-state index is -0.272. The molecule has 2 aromatic rings. The number of nitrogens with zero attached hydrogens (tertiary/aromatic N) is 1. The summed E-state index contributed by atoms with van der Waals surface area (Å²) in [5.74, 6) is 0.0706. The van der Waals surface area contributed by atoms with E-state index in [-0.39, 0.29) is 36.4 Å². The van der Waals surface area contributed by atoms with E-state index < -0.39 is 0 Å². The molecule has 0 spiro atoms. The normalized spacial score (nSPS) is 18.2. The molecular weight excluding hydrogens is 394 g/mol. The van der Waals surface area contributed by atoms with Crippen LogP contribution in [0.1, 0.15) is 53.8 Å². The summed E-state index contributed by atoms with van der Waals surface area (Å²) in [6, 6.07) is 13.8. The van der Waals surface area contributed by atoms with Gasteiger partial charge in [0.25, 0.3) is 17.7 Å². The molecule has 1 saturated heterocycles. The Morgan fingerprint density at radius 2 is 1.45 bits per heavy atom. The third-order valence-corrected chi connectivity index (χ3v) is 5.59. The standard InChI is InChI=1S/C24H29N3O4/c1-16-5-4-6-17(2)27(16)22(28)15-31-21-13-9-19(10-14-21)24(30)26-20-11-7-18(8-12-20)23(29)25-3/h7-14,16-17H,4-6,15H2,1-3H3,(H,25,29)(H,26,30)/t16-,17+. The first-order valence-electron chi connectivity index (χ1n) is 10.6. The molecule has 0 bridgehead atoms. The number of ether oxygens (including phenoxy) is 1. The second kappa shape index (κ2) is 10.1. The van der Waals surface area contributed by atoms with E-state index in [1.807, 2.05) is 4.90 Å². The van der Waals surface area contributed by atoms with E-state index in [1.54, 1.807) is 55.6 Å². The summed E-state index contributed by atoms with van der Waals surface area (Å²) in [6.07, 6.45) is 3.19. The van der Waals surface area contributed by atoms with Gasteiger partial charge >= 0.3 is 0 Å². The minimum Gasteiger partial charge on any atom is -0.484 e. The Labute approximate surface area is 182 Å². The Morgan fingerprint density at radius 1 is 0.903 bits per heavy atom. The largest absolute Gasteiger partial charge is 0.484 e. The topological polar surface area (TPSA) is 87.7 Å². The van der Waals surface area contributed by atoms with Crippen LogP contribution in [-0.2, 0) is 4.79 Å². The Bertz CT molecular complexity index is 915. The highest BCUT2D eigenvalue weighted by atomic mass is 16.5. The third kappa shape index (κ3) is 5.63. The lowest BCUT2D eigenvalue weighted by Crippen LogP contribution is -2.49. The lowest BCUT2D eigenvalue weighted by molar-refractivity contribution is -0.139. The molecule has 2 N–H and O–H groups in total. The van der Waals surface area contributed by atoms with Crippen LogP contribution < -0.4 is 15.4 Å². The van der Waals surface area contributed by atoms with Crippen molar-refractivity contribution in [1.82, 2.24) is 10.2 Å². The average Bonchev–Trinajstić information content (AvgIpc) is 2.78. The van der Waals surface area contributed by atoms with Crippen molar-refractivity contribution in [3.05, 3.63) is 59.7 Å². The highest BCUT2D eigenvalue weighted by Crippen LogP contribution is 2.23. The number of hydrogen-bond donors (Lipinski definition) is 2. The number of piperidine rings is 1. The van der Waals surface area contributed by atoms with Crippen LogP contribution in [0.5, 0.6) is 5.75 Å². The van der Waals surface area contributed by atoms with Crippen LogP contribution in [0.3, 0.4) is 0 Å². The fraction of sp³-hybridized carbons (Fsp3) is 0.375. The fourth-order valence-corrected chi connectivity index (χ4v) is 3.89. The van der Waals surface area contributed by atoms with Crippen LogP contribution in [0.2, 0.25) is 0 Å². The van der Waals surface area contributed by atoms with Crippen LogP contribution in [-0.4, -0.2) is 48.4 Å². The summed E-state index contributed by atoms with van der Waals surface area (Å²) >= 11 is 0. The zero-order valence-electron chi connectivity index (χ0n) is 18.2. The number of likely N-dealkylation sites (tertiary alicyclic amines) is 1. The summed E-state index contributed by atoms with van der Waals surface area (Å²) in [7, 11) is 1.57. The summed E-state index contributed by atoms with van der Waals surface area (Å²) in [5.41, 5.74) is 1.57. The van der Waals surface area contributed by atoms with Crippen LogP contribution in [0.4, 0.5) is 5.69 Å². The van der Waals surface area contributed by atoms with Gasteiger partial charge in [0.15, 0.2) is 6.61 Å². The zero-order chi connectivity index (χ0) is 22.4. The molecule has 164 valence electrons. The number of carbonyl (C=O) groups excluding carboxylic acids is 3. The molecule has 0 aromatic heterocycles. The Hall–Kier alpha value is -3.35.